The fourth-order valence-corrected chi connectivity index (χ4v) is 21.4. The van der Waals surface area contributed by atoms with E-state index in [2.05, 4.69) is 211 Å². The summed E-state index contributed by atoms with van der Waals surface area (Å²) < 4.78 is 58.1. The summed E-state index contributed by atoms with van der Waals surface area (Å²) in [5.74, 6) is 0. The summed E-state index contributed by atoms with van der Waals surface area (Å²) in [6, 6.07) is 54.0. The van der Waals surface area contributed by atoms with E-state index in [1.807, 2.05) is 6.07 Å². The van der Waals surface area contributed by atoms with E-state index in [0.717, 1.165) is 24.8 Å². The van der Waals surface area contributed by atoms with Crippen LogP contribution in [0.25, 0.3) is 0 Å². The molecule has 0 N–H and O–H groups in total. The lowest BCUT2D eigenvalue weighted by molar-refractivity contribution is -0.295. The zero-order valence-electron chi connectivity index (χ0n) is 41.8. The van der Waals surface area contributed by atoms with Crippen molar-refractivity contribution in [1.29, 1.82) is 0 Å². The molecule has 11 atom stereocenters. The fraction of sp³-hybridized carbons (Fsp3) is 0.433. The second kappa shape index (κ2) is 21.0. The molecule has 10 rings (SSSR count). The van der Waals surface area contributed by atoms with E-state index in [4.69, 9.17) is 37.3 Å². The first-order valence-corrected chi connectivity index (χ1v) is 29.5. The highest BCUT2D eigenvalue weighted by atomic mass is 28.4. The predicted octanol–water partition coefficient (Wildman–Crippen LogP) is 9.23. The molecular weight excluding hydrogens is 905 g/mol. The van der Waals surface area contributed by atoms with Crippen LogP contribution in [0.4, 0.5) is 0 Å². The lowest BCUT2D eigenvalue weighted by atomic mass is 9.87. The highest BCUT2D eigenvalue weighted by molar-refractivity contribution is 7.00. The maximum Gasteiger partial charge on any atom is 0.261 e. The van der Waals surface area contributed by atoms with Crippen LogP contribution in [0.3, 0.4) is 0 Å². The fourth-order valence-electron chi connectivity index (χ4n) is 12.1. The topological polar surface area (TPSA) is 73.8 Å². The molecule has 8 nitrogen and oxygen atoms in total. The number of hydrogen-bond donors (Lipinski definition) is 0. The van der Waals surface area contributed by atoms with Crippen molar-refractivity contribution in [3.63, 3.8) is 0 Å². The summed E-state index contributed by atoms with van der Waals surface area (Å²) in [5, 5.41) is 4.47. The van der Waals surface area contributed by atoms with Gasteiger partial charge in [-0.25, -0.2) is 0 Å². The third kappa shape index (κ3) is 9.82. The van der Waals surface area contributed by atoms with Gasteiger partial charge >= 0.3 is 0 Å². The van der Waals surface area contributed by atoms with Crippen LogP contribution in [0.15, 0.2) is 176 Å². The molecule has 3 fully saturated rings. The summed E-state index contributed by atoms with van der Waals surface area (Å²) >= 11 is 0. The van der Waals surface area contributed by atoms with Gasteiger partial charge in [-0.3, -0.25) is 0 Å². The van der Waals surface area contributed by atoms with Gasteiger partial charge in [-0.1, -0.05) is 218 Å². The summed E-state index contributed by atoms with van der Waals surface area (Å²) in [4.78, 5) is 0. The van der Waals surface area contributed by atoms with Crippen LogP contribution in [0, 0.1) is 0 Å². The Labute approximate surface area is 418 Å². The summed E-state index contributed by atoms with van der Waals surface area (Å²) in [5.41, 5.74) is 1.11. The molecule has 5 heterocycles. The van der Waals surface area contributed by atoms with Gasteiger partial charge in [0.05, 0.1) is 50.3 Å². The van der Waals surface area contributed by atoms with E-state index in [-0.39, 0.29) is 71.1 Å². The first kappa shape index (κ1) is 49.3. The van der Waals surface area contributed by atoms with Gasteiger partial charge in [0.1, 0.15) is 36.6 Å². The Balaban J connectivity index is 1.01. The molecule has 5 aliphatic heterocycles. The smallest absolute Gasteiger partial charge is 0.261 e. The Kier molecular flexibility index (Phi) is 14.8. The van der Waals surface area contributed by atoms with Crippen molar-refractivity contribution in [3.8, 4) is 0 Å². The molecule has 368 valence electrons. The lowest BCUT2D eigenvalue weighted by Gasteiger charge is -2.50. The maximum absolute atomic E-state index is 8.11. The minimum absolute atomic E-state index is 0.146. The molecule has 0 spiro atoms. The molecule has 10 heteroatoms. The van der Waals surface area contributed by atoms with Crippen LogP contribution in [-0.2, 0) is 43.9 Å². The SMILES string of the molecule is CC(C)(C)[Si](OC[C@H]1O[C@H]2C=C[C@H]3O[C@H]4[C@H](OCc5ccccc5)[C@H]5OCC=CC[C@@H]5O[C@@H]4C[C@@H]3O[C@@H]2CC[C@@H]1O[Si](c1ccccc1)(c1ccccc1)C(C)(C)C)(c1ccccc1)c1ccccc1. The third-order valence-corrected chi connectivity index (χ3v) is 25.5. The molecule has 0 radical (unpaired) electrons. The molecule has 3 saturated heterocycles. The Morgan fingerprint density at radius 1 is 0.514 bits per heavy atom. The van der Waals surface area contributed by atoms with E-state index in [1.54, 1.807) is 0 Å². The molecule has 0 aliphatic carbocycles. The Morgan fingerprint density at radius 2 is 1.03 bits per heavy atom. The standard InChI is InChI=1S/C60H72O8Si2/c1-59(2,3)69(44-26-14-8-15-27-44,45-28-16-9-17-29-45)63-42-55-51(68-70(60(4,5)6,46-30-18-10-19-31-46)47-32-20-11-21-33-47)38-37-48-49(65-55)35-36-50-53(64-48)40-54-57(67-50)58(62-41-43-24-12-7-13-25-43)56-52(66-54)34-22-23-39-61-56/h7-33,35-36,48-58H,34,37-42H2,1-6H3/t48-,49+,50-,51+,52+,53+,54-,55-,56+,57-,58-/m1/s1. The van der Waals surface area contributed by atoms with Crippen molar-refractivity contribution in [1.82, 2.24) is 0 Å². The molecule has 0 unspecified atom stereocenters. The van der Waals surface area contributed by atoms with Gasteiger partial charge in [0.15, 0.2) is 0 Å². The van der Waals surface area contributed by atoms with E-state index in [0.29, 0.717) is 26.2 Å². The second-order valence-electron chi connectivity index (χ2n) is 21.9. The van der Waals surface area contributed by atoms with E-state index in [9.17, 15) is 0 Å². The van der Waals surface area contributed by atoms with E-state index >= 15 is 0 Å². The Morgan fingerprint density at radius 3 is 1.59 bits per heavy atom. The van der Waals surface area contributed by atoms with Gasteiger partial charge in [-0.2, -0.15) is 0 Å². The lowest BCUT2D eigenvalue weighted by Crippen LogP contribution is -2.69. The normalized spacial score (nSPS) is 29.3. The number of hydrogen-bond acceptors (Lipinski definition) is 8. The summed E-state index contributed by atoms with van der Waals surface area (Å²) in [6.07, 6.45) is 8.30. The summed E-state index contributed by atoms with van der Waals surface area (Å²) in [6.45, 7) is 15.4. The predicted molar refractivity (Wildman–Crippen MR) is 282 cm³/mol. The minimum Gasteiger partial charge on any atom is -0.405 e. The van der Waals surface area contributed by atoms with Gasteiger partial charge in [-0.05, 0) is 55.6 Å². The van der Waals surface area contributed by atoms with Gasteiger partial charge in [0, 0.05) is 6.42 Å². The first-order valence-electron chi connectivity index (χ1n) is 25.7. The Bertz CT molecular complexity index is 2420. The number of fused-ring (bicyclic) bond motifs is 4. The average molecular weight is 977 g/mol. The maximum atomic E-state index is 8.11. The highest BCUT2D eigenvalue weighted by Crippen LogP contribution is 2.44. The molecule has 70 heavy (non-hydrogen) atoms. The molecule has 5 aliphatic rings. The number of benzene rings is 5. The van der Waals surface area contributed by atoms with Crippen LogP contribution < -0.4 is 20.7 Å². The van der Waals surface area contributed by atoms with E-state index < -0.39 is 22.7 Å². The number of ether oxygens (including phenoxy) is 6. The van der Waals surface area contributed by atoms with Crippen LogP contribution in [0.1, 0.15) is 72.8 Å². The minimum atomic E-state index is -3.05. The summed E-state index contributed by atoms with van der Waals surface area (Å²) in [7, 11) is -6.03. The first-order chi connectivity index (χ1) is 33.9. The van der Waals surface area contributed by atoms with Crippen LogP contribution >= 0.6 is 0 Å². The van der Waals surface area contributed by atoms with Crippen molar-refractivity contribution < 1.29 is 37.3 Å². The zero-order chi connectivity index (χ0) is 48.4. The van der Waals surface area contributed by atoms with Crippen molar-refractivity contribution in [2.75, 3.05) is 13.2 Å². The molecule has 5 aromatic carbocycles. The molecule has 0 amide bonds. The monoisotopic (exact) mass is 976 g/mol. The molecule has 0 saturated carbocycles. The Hall–Kier alpha value is -4.31. The van der Waals surface area contributed by atoms with Gasteiger partial charge in [0.2, 0.25) is 0 Å². The average Bonchev–Trinajstić information content (AvgIpc) is 3.78. The van der Waals surface area contributed by atoms with Crippen molar-refractivity contribution in [2.24, 2.45) is 0 Å². The second-order valence-corrected chi connectivity index (χ2v) is 30.4. The number of rotatable bonds is 12. The molecule has 0 bridgehead atoms. The van der Waals surface area contributed by atoms with E-state index in [1.165, 1.54) is 20.7 Å². The van der Waals surface area contributed by atoms with Gasteiger partial charge in [-0.15, -0.1) is 0 Å². The largest absolute Gasteiger partial charge is 0.405 e. The highest BCUT2D eigenvalue weighted by Gasteiger charge is 2.57. The van der Waals surface area contributed by atoms with Gasteiger partial charge in [0.25, 0.3) is 16.6 Å². The van der Waals surface area contributed by atoms with Crippen molar-refractivity contribution >= 4 is 37.4 Å². The quantitative estimate of drug-likeness (QED) is 0.0906. The van der Waals surface area contributed by atoms with Crippen LogP contribution in [0.2, 0.25) is 10.1 Å². The van der Waals surface area contributed by atoms with Crippen LogP contribution in [0.5, 0.6) is 0 Å². The molecule has 0 aromatic heterocycles. The zero-order valence-corrected chi connectivity index (χ0v) is 43.8. The van der Waals surface area contributed by atoms with Crippen molar-refractivity contribution in [3.05, 3.63) is 182 Å². The third-order valence-electron chi connectivity index (χ3n) is 15.4. The van der Waals surface area contributed by atoms with Crippen molar-refractivity contribution in [2.45, 2.75) is 151 Å². The van der Waals surface area contributed by atoms with Gasteiger partial charge < -0.3 is 37.3 Å². The molecular formula is C60H72O8Si2. The molecule has 5 aromatic rings. The van der Waals surface area contributed by atoms with Crippen LogP contribution in [-0.4, -0.2) is 97.0 Å².